The van der Waals surface area contributed by atoms with Crippen LogP contribution in [-0.4, -0.2) is 28.1 Å². The number of benzene rings is 1. The fourth-order valence-electron chi connectivity index (χ4n) is 1.93. The second-order valence-electron chi connectivity index (χ2n) is 4.31. The third kappa shape index (κ3) is 2.31. The Morgan fingerprint density at radius 3 is 3.00 bits per heavy atom. The lowest BCUT2D eigenvalue weighted by Crippen LogP contribution is -2.12. The van der Waals surface area contributed by atoms with Gasteiger partial charge in [0.05, 0.1) is 11.7 Å². The van der Waals surface area contributed by atoms with Crippen molar-refractivity contribution in [3.63, 3.8) is 0 Å². The highest BCUT2D eigenvalue weighted by atomic mass is 16.1. The number of carbonyl (C=O) groups is 1. The van der Waals surface area contributed by atoms with Crippen LogP contribution in [0.15, 0.2) is 42.7 Å². The van der Waals surface area contributed by atoms with Gasteiger partial charge in [-0.25, -0.2) is 4.98 Å². The van der Waals surface area contributed by atoms with Crippen LogP contribution in [0.5, 0.6) is 0 Å². The summed E-state index contributed by atoms with van der Waals surface area (Å²) in [6, 6.07) is 8.96. The maximum absolute atomic E-state index is 12.2. The first kappa shape index (κ1) is 12.2. The van der Waals surface area contributed by atoms with Gasteiger partial charge in [0.1, 0.15) is 5.82 Å². The van der Waals surface area contributed by atoms with E-state index in [-0.39, 0.29) is 5.91 Å². The molecule has 0 saturated heterocycles. The molecule has 0 unspecified atom stereocenters. The van der Waals surface area contributed by atoms with Crippen molar-refractivity contribution in [1.29, 1.82) is 0 Å². The molecular weight excluding hydrogens is 254 g/mol. The van der Waals surface area contributed by atoms with E-state index in [0.29, 0.717) is 11.4 Å². The average Bonchev–Trinajstić information content (AvgIpc) is 2.95. The van der Waals surface area contributed by atoms with Gasteiger partial charge in [-0.05, 0) is 30.3 Å². The van der Waals surface area contributed by atoms with Crippen molar-refractivity contribution in [3.8, 4) is 0 Å². The first-order chi connectivity index (χ1) is 9.76. The van der Waals surface area contributed by atoms with Crippen molar-refractivity contribution in [2.24, 2.45) is 0 Å². The van der Waals surface area contributed by atoms with Gasteiger partial charge in [-0.15, -0.1) is 0 Å². The number of anilines is 2. The first-order valence-corrected chi connectivity index (χ1v) is 6.14. The molecule has 0 aliphatic rings. The molecule has 100 valence electrons. The summed E-state index contributed by atoms with van der Waals surface area (Å²) in [6.45, 7) is 0. The summed E-state index contributed by atoms with van der Waals surface area (Å²) in [7, 11) is 1.76. The van der Waals surface area contributed by atoms with Gasteiger partial charge in [-0.3, -0.25) is 9.89 Å². The summed E-state index contributed by atoms with van der Waals surface area (Å²) in [4.78, 5) is 16.2. The zero-order valence-corrected chi connectivity index (χ0v) is 10.8. The molecule has 3 rings (SSSR count). The maximum atomic E-state index is 12.2. The minimum atomic E-state index is -0.178. The lowest BCUT2D eigenvalue weighted by Gasteiger charge is -2.06. The fraction of sp³-hybridized carbons (Fsp3) is 0.0714. The second-order valence-corrected chi connectivity index (χ2v) is 4.31. The highest BCUT2D eigenvalue weighted by molar-refractivity contribution is 6.05. The van der Waals surface area contributed by atoms with Crippen molar-refractivity contribution in [3.05, 3.63) is 48.3 Å². The molecule has 2 heterocycles. The molecule has 1 aromatic carbocycles. The monoisotopic (exact) mass is 267 g/mol. The van der Waals surface area contributed by atoms with E-state index in [0.717, 1.165) is 16.6 Å². The normalized spacial score (nSPS) is 10.4. The van der Waals surface area contributed by atoms with Gasteiger partial charge in [0.15, 0.2) is 0 Å². The predicted octanol–water partition coefficient (Wildman–Crippen LogP) is 2.25. The summed E-state index contributed by atoms with van der Waals surface area (Å²) in [5, 5.41) is 13.6. The molecule has 0 aliphatic carbocycles. The van der Waals surface area contributed by atoms with E-state index in [4.69, 9.17) is 0 Å². The van der Waals surface area contributed by atoms with Crippen LogP contribution in [0.3, 0.4) is 0 Å². The zero-order chi connectivity index (χ0) is 13.9. The number of H-pyrrole nitrogens is 1. The molecule has 0 bridgehead atoms. The van der Waals surface area contributed by atoms with E-state index in [2.05, 4.69) is 25.8 Å². The second kappa shape index (κ2) is 5.00. The Labute approximate surface area is 115 Å². The third-order valence-corrected chi connectivity index (χ3v) is 2.98. The topological polar surface area (TPSA) is 82.7 Å². The molecule has 3 aromatic rings. The number of aromatic amines is 1. The van der Waals surface area contributed by atoms with E-state index in [1.807, 2.05) is 18.2 Å². The zero-order valence-electron chi connectivity index (χ0n) is 10.8. The Bertz CT molecular complexity index is 765. The van der Waals surface area contributed by atoms with Crippen molar-refractivity contribution < 1.29 is 4.79 Å². The molecule has 3 N–H and O–H groups in total. The van der Waals surface area contributed by atoms with Crippen LogP contribution in [0.4, 0.5) is 11.5 Å². The van der Waals surface area contributed by atoms with Crippen LogP contribution in [0.2, 0.25) is 0 Å². The predicted molar refractivity (Wildman–Crippen MR) is 77.8 cm³/mol. The molecule has 0 aliphatic heterocycles. The van der Waals surface area contributed by atoms with Crippen LogP contribution in [0, 0.1) is 0 Å². The smallest absolute Gasteiger partial charge is 0.255 e. The number of aromatic nitrogens is 3. The third-order valence-electron chi connectivity index (χ3n) is 2.98. The number of rotatable bonds is 3. The van der Waals surface area contributed by atoms with Crippen molar-refractivity contribution in [2.75, 3.05) is 17.7 Å². The van der Waals surface area contributed by atoms with Crippen molar-refractivity contribution in [1.82, 2.24) is 15.2 Å². The molecule has 2 aromatic heterocycles. The van der Waals surface area contributed by atoms with E-state index in [9.17, 15) is 4.79 Å². The molecule has 1 amide bonds. The van der Waals surface area contributed by atoms with Crippen LogP contribution >= 0.6 is 0 Å². The molecule has 6 nitrogen and oxygen atoms in total. The summed E-state index contributed by atoms with van der Waals surface area (Å²) >= 11 is 0. The van der Waals surface area contributed by atoms with E-state index in [1.165, 1.54) is 0 Å². The van der Waals surface area contributed by atoms with Gasteiger partial charge in [0, 0.05) is 29.9 Å². The lowest BCUT2D eigenvalue weighted by atomic mass is 10.2. The molecular formula is C14H13N5O. The number of nitrogens with zero attached hydrogens (tertiary/aromatic N) is 2. The van der Waals surface area contributed by atoms with Crippen LogP contribution < -0.4 is 10.6 Å². The van der Waals surface area contributed by atoms with Gasteiger partial charge in [0.25, 0.3) is 5.91 Å². The molecule has 0 saturated carbocycles. The number of carbonyl (C=O) groups excluding carboxylic acids is 1. The van der Waals surface area contributed by atoms with E-state index in [1.54, 1.807) is 31.6 Å². The summed E-state index contributed by atoms with van der Waals surface area (Å²) < 4.78 is 0. The molecule has 0 atom stereocenters. The Morgan fingerprint density at radius 2 is 2.15 bits per heavy atom. The quantitative estimate of drug-likeness (QED) is 0.679. The number of amides is 1. The van der Waals surface area contributed by atoms with E-state index >= 15 is 0 Å². The fourth-order valence-corrected chi connectivity index (χ4v) is 1.93. The molecule has 0 spiro atoms. The van der Waals surface area contributed by atoms with Gasteiger partial charge in [-0.1, -0.05) is 0 Å². The van der Waals surface area contributed by atoms with E-state index < -0.39 is 0 Å². The van der Waals surface area contributed by atoms with Crippen LogP contribution in [-0.2, 0) is 0 Å². The minimum Gasteiger partial charge on any atom is -0.373 e. The van der Waals surface area contributed by atoms with Crippen LogP contribution in [0.1, 0.15) is 10.4 Å². The number of hydrogen-bond donors (Lipinski definition) is 3. The largest absolute Gasteiger partial charge is 0.373 e. The first-order valence-electron chi connectivity index (χ1n) is 6.14. The Hall–Kier alpha value is -2.89. The van der Waals surface area contributed by atoms with Crippen LogP contribution in [0.25, 0.3) is 10.9 Å². The molecule has 20 heavy (non-hydrogen) atoms. The number of nitrogens with one attached hydrogen (secondary N) is 3. The standard InChI is InChI=1S/C14H13N5O/c1-15-13-6-9(4-5-16-13)14(20)18-11-3-2-10-8-17-19-12(10)7-11/h2-8H,1H3,(H,15,16)(H,17,19)(H,18,20). The number of pyridine rings is 1. The van der Waals surface area contributed by atoms with Gasteiger partial charge in [-0.2, -0.15) is 5.10 Å². The lowest BCUT2D eigenvalue weighted by molar-refractivity contribution is 0.102. The summed E-state index contributed by atoms with van der Waals surface area (Å²) in [5.74, 6) is 0.476. The Morgan fingerprint density at radius 1 is 1.25 bits per heavy atom. The summed E-state index contributed by atoms with van der Waals surface area (Å²) in [5.41, 5.74) is 2.15. The van der Waals surface area contributed by atoms with Crippen molar-refractivity contribution >= 4 is 28.3 Å². The van der Waals surface area contributed by atoms with Gasteiger partial charge in [0.2, 0.25) is 0 Å². The molecule has 0 radical (unpaired) electrons. The summed E-state index contributed by atoms with van der Waals surface area (Å²) in [6.07, 6.45) is 3.34. The highest BCUT2D eigenvalue weighted by Crippen LogP contribution is 2.17. The SMILES string of the molecule is CNc1cc(C(=O)Nc2ccc3cn[nH]c3c2)ccn1. The molecule has 0 fully saturated rings. The molecule has 6 heteroatoms. The van der Waals surface area contributed by atoms with Gasteiger partial charge >= 0.3 is 0 Å². The maximum Gasteiger partial charge on any atom is 0.255 e. The Kier molecular flexibility index (Phi) is 3.04. The number of fused-ring (bicyclic) bond motifs is 1. The Balaban J connectivity index is 1.83. The number of hydrogen-bond acceptors (Lipinski definition) is 4. The average molecular weight is 267 g/mol. The van der Waals surface area contributed by atoms with Crippen molar-refractivity contribution in [2.45, 2.75) is 0 Å². The van der Waals surface area contributed by atoms with Gasteiger partial charge < -0.3 is 10.6 Å². The highest BCUT2D eigenvalue weighted by Gasteiger charge is 2.07. The minimum absolute atomic E-state index is 0.178.